The van der Waals surface area contributed by atoms with Crippen LogP contribution in [-0.4, -0.2) is 57.5 Å². The first-order chi connectivity index (χ1) is 19.3. The molecule has 0 aliphatic carbocycles. The van der Waals surface area contributed by atoms with Gasteiger partial charge in [-0.25, -0.2) is 18.4 Å². The van der Waals surface area contributed by atoms with Gasteiger partial charge in [0.1, 0.15) is 29.9 Å². The topological polar surface area (TPSA) is 57.4 Å². The first-order valence-corrected chi connectivity index (χ1v) is 14.0. The van der Waals surface area contributed by atoms with Gasteiger partial charge in [0.05, 0.1) is 6.54 Å². The van der Waals surface area contributed by atoms with Crippen LogP contribution in [0, 0.1) is 24.0 Å². The normalized spacial score (nSPS) is 18.8. The highest BCUT2D eigenvalue weighted by atomic mass is 19.1. The smallest absolute Gasteiger partial charge is 0.137 e. The molecule has 40 heavy (non-hydrogen) atoms. The summed E-state index contributed by atoms with van der Waals surface area (Å²) in [5.74, 6) is -0.620. The van der Waals surface area contributed by atoms with E-state index in [2.05, 4.69) is 44.1 Å². The SMILES string of the molecule is Cc1ccc(C(O)(CN2CCC3(CCN(c4ccc(-c5ccc(F)cc5)cc4)CC3)C2)Cn2cncn2)c(F)c1. The van der Waals surface area contributed by atoms with E-state index in [4.69, 9.17) is 0 Å². The highest BCUT2D eigenvalue weighted by molar-refractivity contribution is 5.66. The summed E-state index contributed by atoms with van der Waals surface area (Å²) in [5.41, 5.74) is 3.18. The highest BCUT2D eigenvalue weighted by Crippen LogP contribution is 2.42. The van der Waals surface area contributed by atoms with Crippen molar-refractivity contribution in [1.82, 2.24) is 19.7 Å². The Morgan fingerprint density at radius 2 is 1.55 bits per heavy atom. The van der Waals surface area contributed by atoms with E-state index < -0.39 is 11.4 Å². The van der Waals surface area contributed by atoms with E-state index in [0.717, 1.165) is 62.1 Å². The van der Waals surface area contributed by atoms with Crippen molar-refractivity contribution in [2.75, 3.05) is 37.6 Å². The summed E-state index contributed by atoms with van der Waals surface area (Å²) in [7, 11) is 0. The molecule has 2 saturated heterocycles. The lowest BCUT2D eigenvalue weighted by Crippen LogP contribution is -2.46. The summed E-state index contributed by atoms with van der Waals surface area (Å²) in [6.45, 7) is 6.03. The van der Waals surface area contributed by atoms with E-state index in [1.54, 1.807) is 29.2 Å². The Hall–Kier alpha value is -3.62. The molecule has 6 nitrogen and oxygen atoms in total. The Morgan fingerprint density at radius 1 is 0.875 bits per heavy atom. The van der Waals surface area contributed by atoms with Crippen LogP contribution in [0.5, 0.6) is 0 Å². The summed E-state index contributed by atoms with van der Waals surface area (Å²) in [4.78, 5) is 8.74. The molecular formula is C32H35F2N5O. The number of aromatic nitrogens is 3. The van der Waals surface area contributed by atoms with Crippen LogP contribution in [0.1, 0.15) is 30.4 Å². The number of benzene rings is 3. The van der Waals surface area contributed by atoms with Gasteiger partial charge in [-0.3, -0.25) is 4.90 Å². The predicted octanol–water partition coefficient (Wildman–Crippen LogP) is 5.41. The molecule has 4 aromatic rings. The van der Waals surface area contributed by atoms with E-state index in [0.29, 0.717) is 12.1 Å². The van der Waals surface area contributed by atoms with Gasteiger partial charge in [0.15, 0.2) is 0 Å². The first kappa shape index (κ1) is 26.6. The van der Waals surface area contributed by atoms with E-state index in [9.17, 15) is 9.50 Å². The monoisotopic (exact) mass is 543 g/mol. The number of hydrogen-bond acceptors (Lipinski definition) is 5. The van der Waals surface area contributed by atoms with E-state index >= 15 is 4.39 Å². The summed E-state index contributed by atoms with van der Waals surface area (Å²) in [5, 5.41) is 16.1. The van der Waals surface area contributed by atoms with Crippen LogP contribution in [0.4, 0.5) is 14.5 Å². The molecule has 8 heteroatoms. The van der Waals surface area contributed by atoms with Gasteiger partial charge in [0, 0.05) is 37.4 Å². The fourth-order valence-corrected chi connectivity index (χ4v) is 6.49. The molecule has 1 N–H and O–H groups in total. The second-order valence-electron chi connectivity index (χ2n) is 11.6. The van der Waals surface area contributed by atoms with Crippen LogP contribution in [-0.2, 0) is 12.1 Å². The number of piperidine rings is 1. The third kappa shape index (κ3) is 5.51. The minimum absolute atomic E-state index is 0.137. The molecule has 2 aliphatic heterocycles. The Bertz CT molecular complexity index is 1430. The molecule has 1 unspecified atom stereocenters. The van der Waals surface area contributed by atoms with Crippen molar-refractivity contribution in [3.8, 4) is 11.1 Å². The maximum Gasteiger partial charge on any atom is 0.137 e. The highest BCUT2D eigenvalue weighted by Gasteiger charge is 2.44. The van der Waals surface area contributed by atoms with Crippen molar-refractivity contribution in [3.63, 3.8) is 0 Å². The fraction of sp³-hybridized carbons (Fsp3) is 0.375. The van der Waals surface area contributed by atoms with Crippen molar-refractivity contribution in [3.05, 3.63) is 102 Å². The second kappa shape index (κ2) is 10.7. The predicted molar refractivity (Wildman–Crippen MR) is 152 cm³/mol. The van der Waals surface area contributed by atoms with Crippen LogP contribution in [0.15, 0.2) is 79.4 Å². The van der Waals surface area contributed by atoms with Crippen LogP contribution in [0.2, 0.25) is 0 Å². The second-order valence-corrected chi connectivity index (χ2v) is 11.6. The Morgan fingerprint density at radius 3 is 2.20 bits per heavy atom. The van der Waals surface area contributed by atoms with Crippen molar-refractivity contribution in [2.24, 2.45) is 5.41 Å². The van der Waals surface area contributed by atoms with E-state index in [-0.39, 0.29) is 17.8 Å². The number of aliphatic hydroxyl groups is 1. The van der Waals surface area contributed by atoms with Gasteiger partial charge < -0.3 is 10.0 Å². The maximum absolute atomic E-state index is 15.1. The number of rotatable bonds is 7. The molecule has 0 bridgehead atoms. The zero-order valence-corrected chi connectivity index (χ0v) is 22.8. The minimum atomic E-state index is -1.43. The molecule has 6 rings (SSSR count). The number of β-amino-alcohol motifs (C(OH)–C–C–N with tert-alkyl or cyclic N) is 1. The van der Waals surface area contributed by atoms with Crippen molar-refractivity contribution in [2.45, 2.75) is 38.3 Å². The van der Waals surface area contributed by atoms with E-state index in [1.807, 2.05) is 13.0 Å². The third-order valence-electron chi connectivity index (χ3n) is 8.75. The Balaban J connectivity index is 1.11. The quantitative estimate of drug-likeness (QED) is 0.338. The van der Waals surface area contributed by atoms with E-state index in [1.165, 1.54) is 30.2 Å². The molecule has 2 aliphatic rings. The lowest BCUT2D eigenvalue weighted by atomic mass is 9.77. The maximum atomic E-state index is 15.1. The van der Waals surface area contributed by atoms with Gasteiger partial charge in [-0.1, -0.05) is 36.4 Å². The zero-order valence-electron chi connectivity index (χ0n) is 22.8. The zero-order chi connectivity index (χ0) is 27.7. The van der Waals surface area contributed by atoms with Crippen molar-refractivity contribution in [1.29, 1.82) is 0 Å². The number of hydrogen-bond donors (Lipinski definition) is 1. The van der Waals surface area contributed by atoms with Gasteiger partial charge in [0.25, 0.3) is 0 Å². The molecule has 3 aromatic carbocycles. The average Bonchev–Trinajstić information content (AvgIpc) is 3.59. The summed E-state index contributed by atoms with van der Waals surface area (Å²) in [6, 6.07) is 20.1. The van der Waals surface area contributed by atoms with Crippen molar-refractivity contribution < 1.29 is 13.9 Å². The molecule has 208 valence electrons. The largest absolute Gasteiger partial charge is 0.382 e. The lowest BCUT2D eigenvalue weighted by molar-refractivity contribution is -0.0191. The van der Waals surface area contributed by atoms with Gasteiger partial charge in [0.2, 0.25) is 0 Å². The molecule has 1 atom stereocenters. The van der Waals surface area contributed by atoms with Crippen LogP contribution >= 0.6 is 0 Å². The minimum Gasteiger partial charge on any atom is -0.382 e. The number of anilines is 1. The average molecular weight is 544 g/mol. The van der Waals surface area contributed by atoms with Crippen molar-refractivity contribution >= 4 is 5.69 Å². The lowest BCUT2D eigenvalue weighted by Gasteiger charge is -2.41. The molecular weight excluding hydrogens is 508 g/mol. The molecule has 1 aromatic heterocycles. The molecule has 0 radical (unpaired) electrons. The summed E-state index contributed by atoms with van der Waals surface area (Å²) >= 11 is 0. The number of aryl methyl sites for hydroxylation is 1. The van der Waals surface area contributed by atoms with Crippen LogP contribution < -0.4 is 4.90 Å². The molecule has 1 spiro atoms. The molecule has 0 saturated carbocycles. The molecule has 3 heterocycles. The number of nitrogens with zero attached hydrogens (tertiary/aromatic N) is 5. The third-order valence-corrected chi connectivity index (χ3v) is 8.75. The summed E-state index contributed by atoms with van der Waals surface area (Å²) in [6.07, 6.45) is 6.21. The Labute approximate surface area is 233 Å². The number of halogens is 2. The molecule has 2 fully saturated rings. The van der Waals surface area contributed by atoms with Gasteiger partial charge >= 0.3 is 0 Å². The summed E-state index contributed by atoms with van der Waals surface area (Å²) < 4.78 is 29.9. The fourth-order valence-electron chi connectivity index (χ4n) is 6.49. The molecule has 0 amide bonds. The first-order valence-electron chi connectivity index (χ1n) is 14.0. The van der Waals surface area contributed by atoms with Crippen LogP contribution in [0.3, 0.4) is 0 Å². The van der Waals surface area contributed by atoms with Crippen LogP contribution in [0.25, 0.3) is 11.1 Å². The Kier molecular flexibility index (Phi) is 7.15. The van der Waals surface area contributed by atoms with Gasteiger partial charge in [-0.15, -0.1) is 0 Å². The number of likely N-dealkylation sites (tertiary alicyclic amines) is 1. The standard InChI is InChI=1S/C32H35F2N5O/c1-24-2-11-29(30(34)18-24)32(40,21-39-23-35-22-36-39)20-37-15-12-31(19-37)13-16-38(17-14-31)28-9-5-26(6-10-28)25-3-7-27(33)8-4-25/h2-11,18,22-23,40H,12-17,19-21H2,1H3. The van der Waals surface area contributed by atoms with Gasteiger partial charge in [-0.05, 0) is 85.2 Å². The van der Waals surface area contributed by atoms with Gasteiger partial charge in [-0.2, -0.15) is 5.10 Å².